The maximum Gasteiger partial charge on any atom is 0.307 e. The van der Waals surface area contributed by atoms with Gasteiger partial charge >= 0.3 is 5.97 Å². The highest BCUT2D eigenvalue weighted by molar-refractivity contribution is 5.73. The summed E-state index contributed by atoms with van der Waals surface area (Å²) in [5.41, 5.74) is 0.851. The molecule has 2 aliphatic rings. The summed E-state index contributed by atoms with van der Waals surface area (Å²) < 4.78 is 10.6. The highest BCUT2D eigenvalue weighted by Gasteiger charge is 2.51. The van der Waals surface area contributed by atoms with Gasteiger partial charge in [-0.15, -0.1) is 0 Å². The molecule has 0 radical (unpaired) electrons. The van der Waals surface area contributed by atoms with Crippen molar-refractivity contribution in [3.05, 3.63) is 23.8 Å². The third-order valence-corrected chi connectivity index (χ3v) is 3.94. The predicted molar refractivity (Wildman–Crippen MR) is 60.3 cm³/mol. The molecule has 1 aliphatic carbocycles. The van der Waals surface area contributed by atoms with Crippen LogP contribution in [-0.4, -0.2) is 17.9 Å². The highest BCUT2D eigenvalue weighted by Crippen LogP contribution is 2.55. The molecule has 4 heteroatoms. The van der Waals surface area contributed by atoms with E-state index >= 15 is 0 Å². The van der Waals surface area contributed by atoms with Gasteiger partial charge < -0.3 is 14.6 Å². The third-order valence-electron chi connectivity index (χ3n) is 3.94. The monoisotopic (exact) mass is 234 g/mol. The Kier molecular flexibility index (Phi) is 2.08. The Bertz CT molecular complexity index is 476. The number of carboxylic acids is 1. The van der Waals surface area contributed by atoms with Gasteiger partial charge in [-0.05, 0) is 30.5 Å². The van der Waals surface area contributed by atoms with Crippen LogP contribution in [0, 0.1) is 5.92 Å². The molecule has 1 atom stereocenters. The topological polar surface area (TPSA) is 55.8 Å². The summed E-state index contributed by atoms with van der Waals surface area (Å²) in [6.07, 6.45) is 1.86. The summed E-state index contributed by atoms with van der Waals surface area (Å²) in [4.78, 5) is 11.1. The molecule has 0 aromatic heterocycles. The Morgan fingerprint density at radius 2 is 2.06 bits per heavy atom. The van der Waals surface area contributed by atoms with Crippen molar-refractivity contribution in [2.24, 2.45) is 5.92 Å². The zero-order valence-electron chi connectivity index (χ0n) is 9.60. The number of hydrogen-bond acceptors (Lipinski definition) is 3. The van der Waals surface area contributed by atoms with E-state index in [-0.39, 0.29) is 18.1 Å². The van der Waals surface area contributed by atoms with Crippen molar-refractivity contribution >= 4 is 5.97 Å². The van der Waals surface area contributed by atoms with Gasteiger partial charge in [-0.2, -0.15) is 0 Å². The Morgan fingerprint density at radius 1 is 1.35 bits per heavy atom. The highest BCUT2D eigenvalue weighted by atomic mass is 16.7. The fourth-order valence-electron chi connectivity index (χ4n) is 2.55. The third kappa shape index (κ3) is 1.47. The van der Waals surface area contributed by atoms with Crippen LogP contribution < -0.4 is 9.47 Å². The van der Waals surface area contributed by atoms with Crippen LogP contribution in [0.4, 0.5) is 0 Å². The minimum absolute atomic E-state index is 0.202. The van der Waals surface area contributed by atoms with Gasteiger partial charge in [-0.3, -0.25) is 4.79 Å². The molecule has 1 saturated carbocycles. The van der Waals surface area contributed by atoms with Crippen molar-refractivity contribution < 1.29 is 19.4 Å². The first-order valence-electron chi connectivity index (χ1n) is 5.76. The van der Waals surface area contributed by atoms with Crippen molar-refractivity contribution in [1.82, 2.24) is 0 Å². The summed E-state index contributed by atoms with van der Waals surface area (Å²) in [7, 11) is 0. The van der Waals surface area contributed by atoms with Gasteiger partial charge in [0.25, 0.3) is 0 Å². The molecule has 90 valence electrons. The molecular weight excluding hydrogens is 220 g/mol. The largest absolute Gasteiger partial charge is 0.481 e. The van der Waals surface area contributed by atoms with Crippen molar-refractivity contribution in [3.8, 4) is 11.5 Å². The summed E-state index contributed by atoms with van der Waals surface area (Å²) >= 11 is 0. The van der Waals surface area contributed by atoms with Gasteiger partial charge in [0.05, 0.1) is 5.92 Å². The number of fused-ring (bicyclic) bond motifs is 1. The van der Waals surface area contributed by atoms with E-state index in [1.807, 2.05) is 18.2 Å². The van der Waals surface area contributed by atoms with E-state index in [0.29, 0.717) is 0 Å². The summed E-state index contributed by atoms with van der Waals surface area (Å²) in [5.74, 6) is 0.377. The molecule has 1 N–H and O–H groups in total. The van der Waals surface area contributed by atoms with Crippen LogP contribution in [0.2, 0.25) is 0 Å². The van der Waals surface area contributed by atoms with E-state index in [1.165, 1.54) is 0 Å². The second kappa shape index (κ2) is 3.39. The number of aliphatic carboxylic acids is 1. The lowest BCUT2D eigenvalue weighted by atomic mass is 9.83. The van der Waals surface area contributed by atoms with Gasteiger partial charge in [0.2, 0.25) is 6.79 Å². The smallest absolute Gasteiger partial charge is 0.307 e. The van der Waals surface area contributed by atoms with Crippen LogP contribution in [0.5, 0.6) is 11.5 Å². The van der Waals surface area contributed by atoms with Gasteiger partial charge in [-0.25, -0.2) is 0 Å². The van der Waals surface area contributed by atoms with Gasteiger partial charge in [0.1, 0.15) is 0 Å². The fraction of sp³-hybridized carbons (Fsp3) is 0.462. The molecule has 1 aliphatic heterocycles. The van der Waals surface area contributed by atoms with E-state index in [4.69, 9.17) is 14.6 Å². The fourth-order valence-corrected chi connectivity index (χ4v) is 2.55. The number of carbonyl (C=O) groups is 1. The first-order valence-corrected chi connectivity index (χ1v) is 5.76. The van der Waals surface area contributed by atoms with Crippen LogP contribution >= 0.6 is 0 Å². The van der Waals surface area contributed by atoms with Crippen LogP contribution in [0.3, 0.4) is 0 Å². The lowest BCUT2D eigenvalue weighted by Gasteiger charge is -2.20. The molecule has 1 aromatic rings. The van der Waals surface area contributed by atoms with Crippen molar-refractivity contribution in [2.75, 3.05) is 6.79 Å². The maximum absolute atomic E-state index is 11.1. The summed E-state index contributed by atoms with van der Waals surface area (Å²) in [5, 5.41) is 9.16. The van der Waals surface area contributed by atoms with Crippen LogP contribution in [-0.2, 0) is 10.2 Å². The predicted octanol–water partition coefficient (Wildman–Crippen LogP) is 2.17. The standard InChI is InChI=1S/C13H14O4/c1-8(12(14)15)13(4-5-13)9-2-3-10-11(6-9)17-7-16-10/h2-3,6,8H,4-5,7H2,1H3,(H,14,15). The van der Waals surface area contributed by atoms with Crippen LogP contribution in [0.25, 0.3) is 0 Å². The molecular formula is C13H14O4. The molecule has 1 unspecified atom stereocenters. The Labute approximate surface area is 99.2 Å². The molecule has 0 spiro atoms. The first-order chi connectivity index (χ1) is 8.13. The van der Waals surface area contributed by atoms with E-state index in [9.17, 15) is 4.79 Å². The Balaban J connectivity index is 1.97. The van der Waals surface area contributed by atoms with Crippen molar-refractivity contribution in [3.63, 3.8) is 0 Å². The van der Waals surface area contributed by atoms with E-state index < -0.39 is 5.97 Å². The number of rotatable bonds is 3. The Hall–Kier alpha value is -1.71. The molecule has 17 heavy (non-hydrogen) atoms. The summed E-state index contributed by atoms with van der Waals surface area (Å²) in [6, 6.07) is 5.75. The normalized spacial score (nSPS) is 21.0. The molecule has 1 aromatic carbocycles. The van der Waals surface area contributed by atoms with Crippen molar-refractivity contribution in [1.29, 1.82) is 0 Å². The van der Waals surface area contributed by atoms with E-state index in [1.54, 1.807) is 6.92 Å². The zero-order chi connectivity index (χ0) is 12.0. The second-order valence-electron chi connectivity index (χ2n) is 4.78. The van der Waals surface area contributed by atoms with E-state index in [2.05, 4.69) is 0 Å². The van der Waals surface area contributed by atoms with Gasteiger partial charge in [0.15, 0.2) is 11.5 Å². The quantitative estimate of drug-likeness (QED) is 0.870. The lowest BCUT2D eigenvalue weighted by Crippen LogP contribution is -2.25. The Morgan fingerprint density at radius 3 is 2.71 bits per heavy atom. The molecule has 1 heterocycles. The number of carboxylic acid groups (broad SMARTS) is 1. The SMILES string of the molecule is CC(C(=O)O)C1(c2ccc3c(c2)OCO3)CC1. The average molecular weight is 234 g/mol. The summed E-state index contributed by atoms with van der Waals surface area (Å²) in [6.45, 7) is 2.03. The average Bonchev–Trinajstić information content (AvgIpc) is 2.99. The number of benzene rings is 1. The molecule has 1 fully saturated rings. The second-order valence-corrected chi connectivity index (χ2v) is 4.78. The lowest BCUT2D eigenvalue weighted by molar-refractivity contribution is -0.142. The van der Waals surface area contributed by atoms with Gasteiger partial charge in [0, 0.05) is 5.41 Å². The van der Waals surface area contributed by atoms with Crippen molar-refractivity contribution in [2.45, 2.75) is 25.2 Å². The molecule has 4 nitrogen and oxygen atoms in total. The van der Waals surface area contributed by atoms with Crippen LogP contribution in [0.15, 0.2) is 18.2 Å². The minimum atomic E-state index is -0.736. The molecule has 3 rings (SSSR count). The maximum atomic E-state index is 11.1. The minimum Gasteiger partial charge on any atom is -0.481 e. The van der Waals surface area contributed by atoms with Crippen LogP contribution in [0.1, 0.15) is 25.3 Å². The number of ether oxygens (including phenoxy) is 2. The molecule has 0 bridgehead atoms. The molecule has 0 amide bonds. The first kappa shape index (κ1) is 10.4. The van der Waals surface area contributed by atoms with E-state index in [0.717, 1.165) is 29.9 Å². The molecule has 0 saturated heterocycles. The number of hydrogen-bond donors (Lipinski definition) is 1. The van der Waals surface area contributed by atoms with Gasteiger partial charge in [-0.1, -0.05) is 13.0 Å². The zero-order valence-corrected chi connectivity index (χ0v) is 9.60.